The molecular formula is C16H22N4O4S. The van der Waals surface area contributed by atoms with E-state index in [1.54, 1.807) is 22.9 Å². The summed E-state index contributed by atoms with van der Waals surface area (Å²) in [6.07, 6.45) is 2.96. The Bertz CT molecular complexity index is 628. The van der Waals surface area contributed by atoms with Crippen molar-refractivity contribution in [1.82, 2.24) is 15.2 Å². The Kier molecular flexibility index (Phi) is 5.52. The molecule has 0 aromatic carbocycles. The molecule has 0 aliphatic carbocycles. The number of nitrogens with zero attached hydrogens (tertiary/aromatic N) is 3. The van der Waals surface area contributed by atoms with Crippen molar-refractivity contribution in [2.75, 3.05) is 31.1 Å². The number of nitrogens with one attached hydrogen (secondary N) is 1. The highest BCUT2D eigenvalue weighted by Gasteiger charge is 2.37. The Balaban J connectivity index is 1.47. The lowest BCUT2D eigenvalue weighted by Crippen LogP contribution is -2.48. The fourth-order valence-corrected chi connectivity index (χ4v) is 3.83. The molecule has 2 saturated heterocycles. The summed E-state index contributed by atoms with van der Waals surface area (Å²) in [4.78, 5) is 43.7. The molecular weight excluding hydrogens is 344 g/mol. The first-order valence-corrected chi connectivity index (χ1v) is 9.38. The SMILES string of the molecule is CCOC(=O)N1CCC(NC(=O)C2CC(=O)N(c3nccs3)C2)CC1. The summed E-state index contributed by atoms with van der Waals surface area (Å²) in [6.45, 7) is 3.65. The zero-order valence-electron chi connectivity index (χ0n) is 14.1. The summed E-state index contributed by atoms with van der Waals surface area (Å²) in [5.41, 5.74) is 0. The molecule has 8 nitrogen and oxygen atoms in total. The molecule has 3 rings (SSSR count). The monoisotopic (exact) mass is 366 g/mol. The Morgan fingerprint density at radius 3 is 2.80 bits per heavy atom. The van der Waals surface area contributed by atoms with Gasteiger partial charge in [-0.25, -0.2) is 9.78 Å². The number of thiazole rings is 1. The van der Waals surface area contributed by atoms with Crippen LogP contribution in [-0.2, 0) is 14.3 Å². The minimum absolute atomic E-state index is 0.0298. The van der Waals surface area contributed by atoms with Crippen LogP contribution in [-0.4, -0.2) is 60.1 Å². The van der Waals surface area contributed by atoms with Crippen molar-refractivity contribution in [3.05, 3.63) is 11.6 Å². The van der Waals surface area contributed by atoms with Gasteiger partial charge >= 0.3 is 6.09 Å². The van der Waals surface area contributed by atoms with Crippen LogP contribution in [0, 0.1) is 5.92 Å². The summed E-state index contributed by atoms with van der Waals surface area (Å²) >= 11 is 1.39. The van der Waals surface area contributed by atoms with Crippen LogP contribution < -0.4 is 10.2 Å². The number of carbonyl (C=O) groups is 3. The quantitative estimate of drug-likeness (QED) is 0.865. The summed E-state index contributed by atoms with van der Waals surface area (Å²) in [7, 11) is 0. The van der Waals surface area contributed by atoms with Crippen LogP contribution in [0.1, 0.15) is 26.2 Å². The molecule has 1 aromatic heterocycles. The Hall–Kier alpha value is -2.16. The summed E-state index contributed by atoms with van der Waals surface area (Å²) in [5, 5.41) is 5.48. The Morgan fingerprint density at radius 2 is 2.16 bits per heavy atom. The van der Waals surface area contributed by atoms with E-state index in [0.29, 0.717) is 44.2 Å². The molecule has 0 bridgehead atoms. The van der Waals surface area contributed by atoms with E-state index >= 15 is 0 Å². The maximum Gasteiger partial charge on any atom is 0.409 e. The van der Waals surface area contributed by atoms with Gasteiger partial charge in [-0.15, -0.1) is 11.3 Å². The number of aromatic nitrogens is 1. The maximum absolute atomic E-state index is 12.5. The summed E-state index contributed by atoms with van der Waals surface area (Å²) in [6, 6.07) is 0.0298. The average Bonchev–Trinajstić information content (AvgIpc) is 3.25. The lowest BCUT2D eigenvalue weighted by Gasteiger charge is -2.32. The number of piperidine rings is 1. The second-order valence-electron chi connectivity index (χ2n) is 6.19. The van der Waals surface area contributed by atoms with Gasteiger partial charge in [-0.05, 0) is 19.8 Å². The summed E-state index contributed by atoms with van der Waals surface area (Å²) < 4.78 is 4.99. The zero-order valence-corrected chi connectivity index (χ0v) is 15.0. The van der Waals surface area contributed by atoms with E-state index in [2.05, 4.69) is 10.3 Å². The lowest BCUT2D eigenvalue weighted by molar-refractivity contribution is -0.127. The fourth-order valence-electron chi connectivity index (χ4n) is 3.16. The maximum atomic E-state index is 12.5. The molecule has 3 amide bonds. The molecule has 0 spiro atoms. The molecule has 1 atom stereocenters. The number of hydrogen-bond acceptors (Lipinski definition) is 6. The molecule has 136 valence electrons. The van der Waals surface area contributed by atoms with Gasteiger partial charge in [-0.1, -0.05) is 0 Å². The highest BCUT2D eigenvalue weighted by atomic mass is 32.1. The third-order valence-corrected chi connectivity index (χ3v) is 5.31. The van der Waals surface area contributed by atoms with Crippen molar-refractivity contribution in [1.29, 1.82) is 0 Å². The Labute approximate surface area is 150 Å². The first kappa shape index (κ1) is 17.7. The highest BCUT2D eigenvalue weighted by molar-refractivity contribution is 7.13. The summed E-state index contributed by atoms with van der Waals surface area (Å²) in [5.74, 6) is -0.506. The topological polar surface area (TPSA) is 91.8 Å². The van der Waals surface area contributed by atoms with E-state index in [0.717, 1.165) is 0 Å². The van der Waals surface area contributed by atoms with Crippen molar-refractivity contribution >= 4 is 34.4 Å². The third-order valence-electron chi connectivity index (χ3n) is 4.51. The number of anilines is 1. The second-order valence-corrected chi connectivity index (χ2v) is 7.06. The minimum Gasteiger partial charge on any atom is -0.450 e. The first-order valence-electron chi connectivity index (χ1n) is 8.50. The van der Waals surface area contributed by atoms with Gasteiger partial charge in [-0.2, -0.15) is 0 Å². The standard InChI is InChI=1S/C16H22N4O4S/c1-2-24-16(23)19-6-3-12(4-7-19)18-14(22)11-9-13(21)20(10-11)15-17-5-8-25-15/h5,8,11-12H,2-4,6-7,9-10H2,1H3,(H,18,22). The van der Waals surface area contributed by atoms with Crippen molar-refractivity contribution in [2.24, 2.45) is 5.92 Å². The van der Waals surface area contributed by atoms with Gasteiger partial charge < -0.3 is 15.0 Å². The highest BCUT2D eigenvalue weighted by Crippen LogP contribution is 2.27. The van der Waals surface area contributed by atoms with Crippen molar-refractivity contribution in [2.45, 2.75) is 32.2 Å². The molecule has 25 heavy (non-hydrogen) atoms. The van der Waals surface area contributed by atoms with Gasteiger partial charge in [0.1, 0.15) is 0 Å². The molecule has 2 aliphatic heterocycles. The van der Waals surface area contributed by atoms with Crippen LogP contribution in [0.25, 0.3) is 0 Å². The van der Waals surface area contributed by atoms with Gasteiger partial charge in [-0.3, -0.25) is 14.5 Å². The lowest BCUT2D eigenvalue weighted by atomic mass is 10.0. The van der Waals surface area contributed by atoms with Crippen molar-refractivity contribution in [3.63, 3.8) is 0 Å². The molecule has 3 heterocycles. The van der Waals surface area contributed by atoms with Gasteiger partial charge in [0.25, 0.3) is 0 Å². The minimum atomic E-state index is -0.348. The van der Waals surface area contributed by atoms with E-state index in [-0.39, 0.29) is 36.3 Å². The van der Waals surface area contributed by atoms with E-state index in [1.165, 1.54) is 11.3 Å². The van der Waals surface area contributed by atoms with Gasteiger partial charge in [0.05, 0.1) is 12.5 Å². The third kappa shape index (κ3) is 4.09. The average molecular weight is 366 g/mol. The van der Waals surface area contributed by atoms with E-state index in [9.17, 15) is 14.4 Å². The van der Waals surface area contributed by atoms with Crippen LogP contribution in [0.5, 0.6) is 0 Å². The normalized spacial score (nSPS) is 21.5. The number of hydrogen-bond donors (Lipinski definition) is 1. The zero-order chi connectivity index (χ0) is 17.8. The van der Waals surface area contributed by atoms with Crippen LogP contribution in [0.2, 0.25) is 0 Å². The molecule has 0 saturated carbocycles. The molecule has 1 N–H and O–H groups in total. The number of likely N-dealkylation sites (tertiary alicyclic amines) is 1. The van der Waals surface area contributed by atoms with Crippen LogP contribution in [0.4, 0.5) is 9.93 Å². The molecule has 1 aromatic rings. The largest absolute Gasteiger partial charge is 0.450 e. The van der Waals surface area contributed by atoms with Gasteiger partial charge in [0, 0.05) is 43.7 Å². The van der Waals surface area contributed by atoms with Crippen LogP contribution in [0.3, 0.4) is 0 Å². The fraction of sp³-hybridized carbons (Fsp3) is 0.625. The number of rotatable bonds is 4. The van der Waals surface area contributed by atoms with Crippen LogP contribution >= 0.6 is 11.3 Å². The predicted molar refractivity (Wildman–Crippen MR) is 92.3 cm³/mol. The molecule has 2 fully saturated rings. The number of amides is 3. The smallest absolute Gasteiger partial charge is 0.409 e. The molecule has 9 heteroatoms. The van der Waals surface area contributed by atoms with Gasteiger partial charge in [0.2, 0.25) is 11.8 Å². The molecule has 0 radical (unpaired) electrons. The predicted octanol–water partition coefficient (Wildman–Crippen LogP) is 1.23. The van der Waals surface area contributed by atoms with Gasteiger partial charge in [0.15, 0.2) is 5.13 Å². The van der Waals surface area contributed by atoms with Crippen LogP contribution in [0.15, 0.2) is 11.6 Å². The Morgan fingerprint density at radius 1 is 1.40 bits per heavy atom. The van der Waals surface area contributed by atoms with Crippen molar-refractivity contribution in [3.8, 4) is 0 Å². The molecule has 1 unspecified atom stereocenters. The van der Waals surface area contributed by atoms with Crippen molar-refractivity contribution < 1.29 is 19.1 Å². The first-order chi connectivity index (χ1) is 12.1. The van der Waals surface area contributed by atoms with E-state index in [1.807, 2.05) is 5.38 Å². The number of ether oxygens (including phenoxy) is 1. The van der Waals surface area contributed by atoms with E-state index in [4.69, 9.17) is 4.74 Å². The molecule has 2 aliphatic rings. The number of carbonyl (C=O) groups excluding carboxylic acids is 3. The van der Waals surface area contributed by atoms with E-state index < -0.39 is 0 Å². The second kappa shape index (κ2) is 7.81.